The average Bonchev–Trinajstić information content (AvgIpc) is 2.74. The Hall–Kier alpha value is -3.60. The molecule has 0 aliphatic carbocycles. The second-order valence-corrected chi connectivity index (χ2v) is 6.38. The number of hydrogen-bond donors (Lipinski definition) is 1. The Morgan fingerprint density at radius 2 is 1.32 bits per heavy atom. The third-order valence-corrected chi connectivity index (χ3v) is 4.41. The van der Waals surface area contributed by atoms with Crippen LogP contribution in [-0.4, -0.2) is 29.0 Å². The number of methoxy groups -OCH3 is 1. The van der Waals surface area contributed by atoms with Crippen molar-refractivity contribution in [2.45, 2.75) is 13.1 Å². The molecule has 28 heavy (non-hydrogen) atoms. The summed E-state index contributed by atoms with van der Waals surface area (Å²) < 4.78 is 5.19. The zero-order valence-corrected chi connectivity index (χ0v) is 15.5. The minimum atomic E-state index is -1.02. The zero-order chi connectivity index (χ0) is 19.9. The maximum Gasteiger partial charge on any atom is 0.335 e. The lowest BCUT2D eigenvalue weighted by Gasteiger charge is -2.23. The van der Waals surface area contributed by atoms with Gasteiger partial charge in [-0.25, -0.2) is 4.79 Å². The van der Waals surface area contributed by atoms with E-state index in [9.17, 15) is 9.59 Å². The molecule has 5 heteroatoms. The summed E-state index contributed by atoms with van der Waals surface area (Å²) in [4.78, 5) is 25.9. The number of carbonyl (C=O) groups excluding carboxylic acids is 1. The van der Waals surface area contributed by atoms with Crippen molar-refractivity contribution in [3.8, 4) is 5.75 Å². The third kappa shape index (κ3) is 4.76. The molecule has 3 aromatic carbocycles. The fraction of sp³-hybridized carbons (Fsp3) is 0.130. The van der Waals surface area contributed by atoms with Gasteiger partial charge in [0.05, 0.1) is 12.7 Å². The van der Waals surface area contributed by atoms with Crippen molar-refractivity contribution in [1.82, 2.24) is 4.90 Å². The molecule has 5 nitrogen and oxygen atoms in total. The van der Waals surface area contributed by atoms with Crippen LogP contribution in [0.5, 0.6) is 5.75 Å². The van der Waals surface area contributed by atoms with Gasteiger partial charge in [-0.15, -0.1) is 0 Å². The fourth-order valence-corrected chi connectivity index (χ4v) is 2.89. The van der Waals surface area contributed by atoms with E-state index in [0.29, 0.717) is 18.7 Å². The van der Waals surface area contributed by atoms with Gasteiger partial charge in [0.15, 0.2) is 0 Å². The first-order chi connectivity index (χ1) is 13.6. The van der Waals surface area contributed by atoms with Crippen molar-refractivity contribution < 1.29 is 19.4 Å². The number of aromatic carboxylic acids is 1. The molecule has 142 valence electrons. The summed E-state index contributed by atoms with van der Waals surface area (Å²) in [5.74, 6) is -0.413. The highest BCUT2D eigenvalue weighted by molar-refractivity contribution is 5.95. The van der Waals surface area contributed by atoms with Gasteiger partial charge in [-0.3, -0.25) is 4.79 Å². The highest BCUT2D eigenvalue weighted by Gasteiger charge is 2.17. The van der Waals surface area contributed by atoms with Gasteiger partial charge in [0.1, 0.15) is 5.75 Å². The second kappa shape index (κ2) is 8.86. The van der Waals surface area contributed by atoms with Crippen LogP contribution >= 0.6 is 0 Å². The van der Waals surface area contributed by atoms with E-state index in [1.165, 1.54) is 12.1 Å². The Morgan fingerprint density at radius 3 is 1.86 bits per heavy atom. The third-order valence-electron chi connectivity index (χ3n) is 4.41. The van der Waals surface area contributed by atoms with E-state index in [1.54, 1.807) is 24.1 Å². The van der Waals surface area contributed by atoms with Gasteiger partial charge < -0.3 is 14.7 Å². The maximum absolute atomic E-state index is 13.1. The molecule has 1 amide bonds. The molecule has 3 aromatic rings. The molecule has 0 heterocycles. The first-order valence-corrected chi connectivity index (χ1v) is 8.86. The van der Waals surface area contributed by atoms with Crippen LogP contribution in [0.3, 0.4) is 0 Å². The van der Waals surface area contributed by atoms with E-state index in [1.807, 2.05) is 54.6 Å². The molecule has 0 saturated heterocycles. The predicted molar refractivity (Wildman–Crippen MR) is 106 cm³/mol. The van der Waals surface area contributed by atoms with Crippen LogP contribution in [0.25, 0.3) is 0 Å². The highest BCUT2D eigenvalue weighted by atomic mass is 16.5. The van der Waals surface area contributed by atoms with Crippen molar-refractivity contribution >= 4 is 11.9 Å². The van der Waals surface area contributed by atoms with Crippen LogP contribution in [0.4, 0.5) is 0 Å². The standard InChI is InChI=1S/C23H21NO4/c1-28-21-13-7-18(8-14-21)16-24(15-17-5-3-2-4-6-17)22(25)19-9-11-20(12-10-19)23(26)27/h2-14H,15-16H2,1H3,(H,26,27). The summed E-state index contributed by atoms with van der Waals surface area (Å²) in [6.07, 6.45) is 0. The number of carboxylic acids is 1. The van der Waals surface area contributed by atoms with Gasteiger partial charge in [-0.05, 0) is 47.5 Å². The van der Waals surface area contributed by atoms with Crippen LogP contribution in [0.15, 0.2) is 78.9 Å². The summed E-state index contributed by atoms with van der Waals surface area (Å²) in [6.45, 7) is 0.880. The number of rotatable bonds is 7. The smallest absolute Gasteiger partial charge is 0.335 e. The topological polar surface area (TPSA) is 66.8 Å². The number of carbonyl (C=O) groups is 2. The Morgan fingerprint density at radius 1 is 0.786 bits per heavy atom. The Kier molecular flexibility index (Phi) is 6.07. The molecule has 0 aliphatic rings. The van der Waals surface area contributed by atoms with Gasteiger partial charge in [-0.2, -0.15) is 0 Å². The van der Waals surface area contributed by atoms with E-state index >= 15 is 0 Å². The second-order valence-electron chi connectivity index (χ2n) is 6.38. The maximum atomic E-state index is 13.1. The van der Waals surface area contributed by atoms with E-state index < -0.39 is 5.97 Å². The van der Waals surface area contributed by atoms with Crippen LogP contribution in [0.2, 0.25) is 0 Å². The number of carboxylic acid groups (broad SMARTS) is 1. The normalized spacial score (nSPS) is 10.3. The summed E-state index contributed by atoms with van der Waals surface area (Å²) in [5.41, 5.74) is 2.61. The summed E-state index contributed by atoms with van der Waals surface area (Å²) >= 11 is 0. The molecule has 0 unspecified atom stereocenters. The Balaban J connectivity index is 1.85. The molecule has 0 aromatic heterocycles. The summed E-state index contributed by atoms with van der Waals surface area (Å²) in [6, 6.07) is 23.3. The quantitative estimate of drug-likeness (QED) is 0.671. The molecule has 1 N–H and O–H groups in total. The lowest BCUT2D eigenvalue weighted by Crippen LogP contribution is -2.30. The van der Waals surface area contributed by atoms with Crippen molar-refractivity contribution in [2.75, 3.05) is 7.11 Å². The lowest BCUT2D eigenvalue weighted by molar-refractivity contribution is 0.0692. The van der Waals surface area contributed by atoms with Crippen molar-refractivity contribution in [3.05, 3.63) is 101 Å². The fourth-order valence-electron chi connectivity index (χ4n) is 2.89. The molecule has 0 spiro atoms. The molecule has 0 bridgehead atoms. The SMILES string of the molecule is COc1ccc(CN(Cc2ccccc2)C(=O)c2ccc(C(=O)O)cc2)cc1. The van der Waals surface area contributed by atoms with Crippen molar-refractivity contribution in [1.29, 1.82) is 0 Å². The van der Waals surface area contributed by atoms with Crippen LogP contribution < -0.4 is 4.74 Å². The van der Waals surface area contributed by atoms with E-state index in [-0.39, 0.29) is 11.5 Å². The molecule has 0 aliphatic heterocycles. The van der Waals surface area contributed by atoms with Gasteiger partial charge in [0, 0.05) is 18.7 Å². The van der Waals surface area contributed by atoms with E-state index in [2.05, 4.69) is 0 Å². The van der Waals surface area contributed by atoms with Crippen LogP contribution in [0.1, 0.15) is 31.8 Å². The molecule has 3 rings (SSSR count). The lowest BCUT2D eigenvalue weighted by atomic mass is 10.1. The highest BCUT2D eigenvalue weighted by Crippen LogP contribution is 2.17. The first kappa shape index (κ1) is 19.2. The summed E-state index contributed by atoms with van der Waals surface area (Å²) in [5, 5.41) is 9.05. The molecule has 0 radical (unpaired) electrons. The number of ether oxygens (including phenoxy) is 1. The predicted octanol–water partition coefficient (Wildman–Crippen LogP) is 4.24. The van der Waals surface area contributed by atoms with Crippen LogP contribution in [0, 0.1) is 0 Å². The minimum Gasteiger partial charge on any atom is -0.497 e. The van der Waals surface area contributed by atoms with Gasteiger partial charge >= 0.3 is 5.97 Å². The van der Waals surface area contributed by atoms with Crippen molar-refractivity contribution in [3.63, 3.8) is 0 Å². The minimum absolute atomic E-state index is 0.154. The number of hydrogen-bond acceptors (Lipinski definition) is 3. The molecule has 0 saturated carbocycles. The Labute approximate surface area is 163 Å². The molecular formula is C23H21NO4. The molecular weight excluding hydrogens is 354 g/mol. The largest absolute Gasteiger partial charge is 0.497 e. The molecule has 0 fully saturated rings. The number of benzene rings is 3. The number of nitrogens with zero attached hydrogens (tertiary/aromatic N) is 1. The van der Waals surface area contributed by atoms with E-state index in [0.717, 1.165) is 16.9 Å². The first-order valence-electron chi connectivity index (χ1n) is 8.86. The summed E-state index contributed by atoms with van der Waals surface area (Å²) in [7, 11) is 1.61. The monoisotopic (exact) mass is 375 g/mol. The van der Waals surface area contributed by atoms with Gasteiger partial charge in [-0.1, -0.05) is 42.5 Å². The number of amides is 1. The van der Waals surface area contributed by atoms with Gasteiger partial charge in [0.2, 0.25) is 0 Å². The zero-order valence-electron chi connectivity index (χ0n) is 15.5. The van der Waals surface area contributed by atoms with Crippen molar-refractivity contribution in [2.24, 2.45) is 0 Å². The van der Waals surface area contributed by atoms with Gasteiger partial charge in [0.25, 0.3) is 5.91 Å². The average molecular weight is 375 g/mol. The molecule has 0 atom stereocenters. The Bertz CT molecular complexity index is 935. The van der Waals surface area contributed by atoms with Crippen LogP contribution in [-0.2, 0) is 13.1 Å². The van der Waals surface area contributed by atoms with E-state index in [4.69, 9.17) is 9.84 Å².